The smallest absolute Gasteiger partial charge is 0.135 e. The zero-order valence-electron chi connectivity index (χ0n) is 31.6. The summed E-state index contributed by atoms with van der Waals surface area (Å²) in [5.41, 5.74) is 4.66. The Balaban J connectivity index is 1.27. The van der Waals surface area contributed by atoms with E-state index in [-0.39, 0.29) is 68.1 Å². The van der Waals surface area contributed by atoms with E-state index in [1.165, 1.54) is 0 Å². The third-order valence-corrected chi connectivity index (χ3v) is 8.65. The van der Waals surface area contributed by atoms with Gasteiger partial charge in [0.15, 0.2) is 0 Å². The zero-order valence-corrected chi connectivity index (χ0v) is 22.6. The van der Waals surface area contributed by atoms with Gasteiger partial charge >= 0.3 is 0 Å². The number of rotatable bonds is 2. The summed E-state index contributed by atoms with van der Waals surface area (Å²) in [6.07, 6.45) is 0. The Hall–Kier alpha value is -5.66. The lowest BCUT2D eigenvalue weighted by Crippen LogP contribution is -1.97. The van der Waals surface area contributed by atoms with Gasteiger partial charge in [-0.25, -0.2) is 0 Å². The van der Waals surface area contributed by atoms with Crippen molar-refractivity contribution in [3.8, 4) is 44.9 Å². The van der Waals surface area contributed by atoms with Gasteiger partial charge in [-0.15, -0.1) is 0 Å². The molecule has 0 spiro atoms. The summed E-state index contributed by atoms with van der Waals surface area (Å²) in [7, 11) is 0. The number of fused-ring (bicyclic) bond motifs is 3. The molecule has 1 heterocycles. The number of ether oxygens (including phenoxy) is 1. The van der Waals surface area contributed by atoms with Crippen LogP contribution in [-0.4, -0.2) is 0 Å². The minimum Gasteiger partial charge on any atom is -0.456 e. The molecule has 0 unspecified atom stereocenters. The predicted molar refractivity (Wildman–Crippen MR) is 182 cm³/mol. The van der Waals surface area contributed by atoms with Crippen molar-refractivity contribution in [3.63, 3.8) is 0 Å². The van der Waals surface area contributed by atoms with Gasteiger partial charge in [0, 0.05) is 10.9 Å². The van der Waals surface area contributed by atoms with E-state index in [1.54, 1.807) is 0 Å². The SMILES string of the molecule is [2H]c1c([2H])c2c([2H])c([2H])c3c([2H])c([2H])c(-c4cccc5ccc(-c6ccc7c(c6)-c6cccc8cccc(c68)O7)cc45)c4c([2H])c([2H])c(c1[2H])c2c34. The zero-order chi connectivity index (χ0) is 35.9. The maximum Gasteiger partial charge on any atom is 0.135 e. The molecule has 1 aliphatic heterocycles. The van der Waals surface area contributed by atoms with Gasteiger partial charge in [0.1, 0.15) is 11.5 Å². The molecule has 198 valence electrons. The second-order valence-electron chi connectivity index (χ2n) is 11.0. The molecule has 0 N–H and O–H groups in total. The highest BCUT2D eigenvalue weighted by molar-refractivity contribution is 6.26. The fourth-order valence-electron chi connectivity index (χ4n) is 6.68. The summed E-state index contributed by atoms with van der Waals surface area (Å²) < 4.78 is 86.6. The Morgan fingerprint density at radius 1 is 0.395 bits per heavy atom. The summed E-state index contributed by atoms with van der Waals surface area (Å²) in [5, 5.41) is 4.07. The van der Waals surface area contributed by atoms with Gasteiger partial charge in [0.25, 0.3) is 0 Å². The number of hydrogen-bond donors (Lipinski definition) is 0. The first-order valence-electron chi connectivity index (χ1n) is 18.6. The van der Waals surface area contributed by atoms with E-state index < -0.39 is 24.2 Å². The van der Waals surface area contributed by atoms with Crippen molar-refractivity contribution in [3.05, 3.63) is 145 Å². The lowest BCUT2D eigenvalue weighted by Gasteiger charge is -2.22. The van der Waals surface area contributed by atoms with Crippen molar-refractivity contribution >= 4 is 53.9 Å². The van der Waals surface area contributed by atoms with E-state index in [1.807, 2.05) is 66.7 Å². The predicted octanol–water partition coefficient (Wildman–Crippen LogP) is 12.0. The Labute approximate surface area is 261 Å². The van der Waals surface area contributed by atoms with E-state index in [4.69, 9.17) is 14.3 Å². The van der Waals surface area contributed by atoms with Crippen LogP contribution in [0.4, 0.5) is 0 Å². The monoisotopic (exact) mass is 553 g/mol. The first kappa shape index (κ1) is 16.1. The minimum absolute atomic E-state index is 0.0370. The van der Waals surface area contributed by atoms with Crippen molar-refractivity contribution in [2.45, 2.75) is 0 Å². The second-order valence-corrected chi connectivity index (χ2v) is 11.0. The number of hydrogen-bond acceptors (Lipinski definition) is 1. The molecule has 0 bridgehead atoms. The molecule has 0 saturated heterocycles. The van der Waals surface area contributed by atoms with Gasteiger partial charge in [0.2, 0.25) is 0 Å². The lowest BCUT2D eigenvalue weighted by molar-refractivity contribution is 0.487. The first-order chi connectivity index (χ1) is 25.1. The van der Waals surface area contributed by atoms with Crippen LogP contribution in [0, 0.1) is 0 Å². The van der Waals surface area contributed by atoms with Crippen LogP contribution in [0.15, 0.2) is 145 Å². The molecular formula is C42H24O. The normalized spacial score (nSPS) is 15.3. The average Bonchev–Trinajstić information content (AvgIpc) is 3.15. The van der Waals surface area contributed by atoms with Crippen molar-refractivity contribution in [1.29, 1.82) is 0 Å². The molecule has 0 saturated carbocycles. The standard InChI is InChI=1S/C42H24O/c1-6-27-14-15-29-17-20-33(35-21-18-28(7-1)40(27)42(29)35)32-10-2-5-25-13-16-30(23-36(25)32)31-19-22-38-37(24-31)34-11-3-8-26-9-4-12-39(43-38)41(26)34/h1-24H/i1D,6D,7D,14D,15D,17D,18D,20D,21D. The highest BCUT2D eigenvalue weighted by Gasteiger charge is 2.20. The highest BCUT2D eigenvalue weighted by atomic mass is 16.5. The van der Waals surface area contributed by atoms with Crippen molar-refractivity contribution in [1.82, 2.24) is 0 Å². The molecule has 10 rings (SSSR count). The fourth-order valence-corrected chi connectivity index (χ4v) is 6.68. The van der Waals surface area contributed by atoms with E-state index in [2.05, 4.69) is 24.3 Å². The molecule has 0 atom stereocenters. The average molecular weight is 554 g/mol. The molecule has 1 heteroatoms. The molecular weight excluding hydrogens is 520 g/mol. The van der Waals surface area contributed by atoms with Gasteiger partial charge in [-0.1, -0.05) is 121 Å². The van der Waals surface area contributed by atoms with Crippen LogP contribution >= 0.6 is 0 Å². The maximum absolute atomic E-state index is 9.32. The third-order valence-electron chi connectivity index (χ3n) is 8.65. The summed E-state index contributed by atoms with van der Waals surface area (Å²) in [4.78, 5) is 0. The Morgan fingerprint density at radius 3 is 1.98 bits per heavy atom. The molecule has 0 fully saturated rings. The van der Waals surface area contributed by atoms with E-state index >= 15 is 0 Å². The molecule has 0 radical (unpaired) electrons. The summed E-state index contributed by atoms with van der Waals surface area (Å²) in [5.74, 6) is 1.57. The number of benzene rings is 9. The third kappa shape index (κ3) is 3.22. The van der Waals surface area contributed by atoms with E-state index in [0.717, 1.165) is 55.3 Å². The van der Waals surface area contributed by atoms with Gasteiger partial charge < -0.3 is 4.74 Å². The molecule has 0 aromatic heterocycles. The van der Waals surface area contributed by atoms with Crippen LogP contribution in [-0.2, 0) is 0 Å². The van der Waals surface area contributed by atoms with Gasteiger partial charge in [0.05, 0.1) is 12.3 Å². The molecule has 9 aromatic carbocycles. The Kier molecular flexibility index (Phi) is 3.16. The summed E-state index contributed by atoms with van der Waals surface area (Å²) in [6.45, 7) is 0. The maximum atomic E-state index is 9.32. The largest absolute Gasteiger partial charge is 0.456 e. The Bertz CT molecular complexity index is 3070. The van der Waals surface area contributed by atoms with Crippen LogP contribution < -0.4 is 4.74 Å². The van der Waals surface area contributed by atoms with Gasteiger partial charge in [-0.2, -0.15) is 0 Å². The molecule has 9 aromatic rings. The van der Waals surface area contributed by atoms with Crippen LogP contribution in [0.2, 0.25) is 0 Å². The van der Waals surface area contributed by atoms with E-state index in [9.17, 15) is 2.74 Å². The summed E-state index contributed by atoms with van der Waals surface area (Å²) in [6, 6.07) is 26.6. The molecule has 0 aliphatic carbocycles. The molecule has 0 amide bonds. The lowest BCUT2D eigenvalue weighted by atomic mass is 9.87. The minimum atomic E-state index is -0.490. The van der Waals surface area contributed by atoms with Gasteiger partial charge in [-0.3, -0.25) is 0 Å². The van der Waals surface area contributed by atoms with Crippen LogP contribution in [0.25, 0.3) is 87.2 Å². The molecule has 1 aliphatic rings. The van der Waals surface area contributed by atoms with Crippen molar-refractivity contribution in [2.75, 3.05) is 0 Å². The molecule has 43 heavy (non-hydrogen) atoms. The molecule has 1 nitrogen and oxygen atoms in total. The van der Waals surface area contributed by atoms with E-state index in [0.29, 0.717) is 5.56 Å². The Morgan fingerprint density at radius 2 is 1.09 bits per heavy atom. The topological polar surface area (TPSA) is 9.23 Å². The summed E-state index contributed by atoms with van der Waals surface area (Å²) >= 11 is 0. The van der Waals surface area contributed by atoms with Gasteiger partial charge in [-0.05, 0) is 101 Å². The van der Waals surface area contributed by atoms with Crippen molar-refractivity contribution in [2.24, 2.45) is 0 Å². The van der Waals surface area contributed by atoms with Crippen molar-refractivity contribution < 1.29 is 17.1 Å². The van der Waals surface area contributed by atoms with Crippen LogP contribution in [0.1, 0.15) is 12.3 Å². The quantitative estimate of drug-likeness (QED) is 0.193. The highest BCUT2D eigenvalue weighted by Crippen LogP contribution is 2.48. The fraction of sp³-hybridized carbons (Fsp3) is 0. The van der Waals surface area contributed by atoms with Crippen LogP contribution in [0.3, 0.4) is 0 Å². The second kappa shape index (κ2) is 8.44. The first-order valence-corrected chi connectivity index (χ1v) is 14.1. The van der Waals surface area contributed by atoms with Crippen LogP contribution in [0.5, 0.6) is 11.5 Å².